The molecule has 0 spiro atoms. The zero-order valence-corrected chi connectivity index (χ0v) is 14.0. The smallest absolute Gasteiger partial charge is 0.311 e. The monoisotopic (exact) mass is 330 g/mol. The lowest BCUT2D eigenvalue weighted by Crippen LogP contribution is -2.34. The van der Waals surface area contributed by atoms with Gasteiger partial charge in [0, 0.05) is 43.8 Å². The van der Waals surface area contributed by atoms with Gasteiger partial charge in [-0.15, -0.1) is 0 Å². The van der Waals surface area contributed by atoms with Crippen molar-refractivity contribution in [3.8, 4) is 0 Å². The van der Waals surface area contributed by atoms with Gasteiger partial charge in [0.2, 0.25) is 0 Å². The van der Waals surface area contributed by atoms with Gasteiger partial charge in [0.15, 0.2) is 0 Å². The molecular formula is C18H22N2O4. The standard InChI is InChI=1S/C18H22N2O4/c1-18(17(22)23)7-8-20(12-18)16(21)14-11-19(9-10-24-2)15-6-4-3-5-13(14)15/h3-6,11H,7-10,12H2,1-2H3,(H,22,23). The number of rotatable bonds is 5. The summed E-state index contributed by atoms with van der Waals surface area (Å²) < 4.78 is 7.15. The summed E-state index contributed by atoms with van der Waals surface area (Å²) in [6, 6.07) is 7.76. The number of likely N-dealkylation sites (tertiary alicyclic amines) is 1. The number of amides is 1. The van der Waals surface area contributed by atoms with Crippen molar-refractivity contribution in [3.05, 3.63) is 36.0 Å². The molecule has 6 nitrogen and oxygen atoms in total. The maximum atomic E-state index is 12.9. The van der Waals surface area contributed by atoms with Crippen molar-refractivity contribution in [3.63, 3.8) is 0 Å². The Bertz CT molecular complexity index is 782. The maximum Gasteiger partial charge on any atom is 0.311 e. The zero-order chi connectivity index (χ0) is 17.3. The number of carboxylic acids is 1. The average molecular weight is 330 g/mol. The zero-order valence-electron chi connectivity index (χ0n) is 14.0. The highest BCUT2D eigenvalue weighted by Crippen LogP contribution is 2.32. The van der Waals surface area contributed by atoms with E-state index >= 15 is 0 Å². The van der Waals surface area contributed by atoms with Crippen molar-refractivity contribution in [2.75, 3.05) is 26.8 Å². The highest BCUT2D eigenvalue weighted by Gasteiger charge is 2.42. The summed E-state index contributed by atoms with van der Waals surface area (Å²) in [6.07, 6.45) is 2.33. The average Bonchev–Trinajstić information content (AvgIpc) is 3.15. The number of nitrogens with zero attached hydrogens (tertiary/aromatic N) is 2. The number of aliphatic carboxylic acids is 1. The van der Waals surface area contributed by atoms with E-state index in [1.165, 1.54) is 0 Å². The number of methoxy groups -OCH3 is 1. The van der Waals surface area contributed by atoms with E-state index in [1.807, 2.05) is 35.0 Å². The van der Waals surface area contributed by atoms with E-state index in [1.54, 1.807) is 18.9 Å². The minimum absolute atomic E-state index is 0.104. The fourth-order valence-corrected chi connectivity index (χ4v) is 3.27. The van der Waals surface area contributed by atoms with Crippen LogP contribution in [0.3, 0.4) is 0 Å². The van der Waals surface area contributed by atoms with Gasteiger partial charge in [-0.2, -0.15) is 0 Å². The van der Waals surface area contributed by atoms with Crippen LogP contribution >= 0.6 is 0 Å². The second kappa shape index (κ2) is 6.28. The first-order valence-electron chi connectivity index (χ1n) is 8.06. The SMILES string of the molecule is COCCn1cc(C(=O)N2CCC(C)(C(=O)O)C2)c2ccccc21. The second-order valence-electron chi connectivity index (χ2n) is 6.59. The Hall–Kier alpha value is -2.34. The topological polar surface area (TPSA) is 71.8 Å². The molecule has 1 N–H and O–H groups in total. The molecule has 0 aliphatic carbocycles. The summed E-state index contributed by atoms with van der Waals surface area (Å²) in [5, 5.41) is 10.3. The van der Waals surface area contributed by atoms with Crippen LogP contribution in [0.4, 0.5) is 0 Å². The number of aromatic nitrogens is 1. The van der Waals surface area contributed by atoms with Crippen LogP contribution in [0.1, 0.15) is 23.7 Å². The molecule has 24 heavy (non-hydrogen) atoms. The van der Waals surface area contributed by atoms with Crippen LogP contribution in [-0.2, 0) is 16.1 Å². The summed E-state index contributed by atoms with van der Waals surface area (Å²) in [6.45, 7) is 3.65. The van der Waals surface area contributed by atoms with Crippen molar-refractivity contribution in [2.45, 2.75) is 19.9 Å². The van der Waals surface area contributed by atoms with Crippen molar-refractivity contribution in [1.82, 2.24) is 9.47 Å². The number of fused-ring (bicyclic) bond motifs is 1. The molecule has 1 aromatic carbocycles. The highest BCUT2D eigenvalue weighted by atomic mass is 16.5. The van der Waals surface area contributed by atoms with Gasteiger partial charge in [-0.05, 0) is 19.4 Å². The molecule has 0 saturated carbocycles. The van der Waals surface area contributed by atoms with Crippen LogP contribution in [-0.4, -0.2) is 53.3 Å². The van der Waals surface area contributed by atoms with Gasteiger partial charge in [0.1, 0.15) is 0 Å². The van der Waals surface area contributed by atoms with Gasteiger partial charge in [-0.3, -0.25) is 9.59 Å². The molecule has 0 bridgehead atoms. The molecule has 1 amide bonds. The largest absolute Gasteiger partial charge is 0.481 e. The Morgan fingerprint density at radius 1 is 1.33 bits per heavy atom. The van der Waals surface area contributed by atoms with Crippen LogP contribution in [0.15, 0.2) is 30.5 Å². The van der Waals surface area contributed by atoms with E-state index < -0.39 is 11.4 Å². The van der Waals surface area contributed by atoms with Gasteiger partial charge >= 0.3 is 5.97 Å². The number of hydrogen-bond acceptors (Lipinski definition) is 3. The van der Waals surface area contributed by atoms with Crippen LogP contribution in [0.5, 0.6) is 0 Å². The molecule has 1 fully saturated rings. The fraction of sp³-hybridized carbons (Fsp3) is 0.444. The summed E-state index contributed by atoms with van der Waals surface area (Å²) in [5.41, 5.74) is 0.749. The van der Waals surface area contributed by atoms with Crippen LogP contribution in [0.2, 0.25) is 0 Å². The molecular weight excluding hydrogens is 308 g/mol. The van der Waals surface area contributed by atoms with Gasteiger partial charge < -0.3 is 19.3 Å². The van der Waals surface area contributed by atoms with Gasteiger partial charge in [0.25, 0.3) is 5.91 Å². The quantitative estimate of drug-likeness (QED) is 0.912. The molecule has 6 heteroatoms. The Balaban J connectivity index is 1.92. The number of carbonyl (C=O) groups excluding carboxylic acids is 1. The molecule has 2 aromatic rings. The molecule has 1 saturated heterocycles. The molecule has 1 aliphatic rings. The van der Waals surface area contributed by atoms with Crippen LogP contribution < -0.4 is 0 Å². The molecule has 0 radical (unpaired) electrons. The lowest BCUT2D eigenvalue weighted by Gasteiger charge is -2.20. The van der Waals surface area contributed by atoms with E-state index in [0.29, 0.717) is 31.7 Å². The molecule has 1 unspecified atom stereocenters. The highest BCUT2D eigenvalue weighted by molar-refractivity contribution is 6.07. The summed E-state index contributed by atoms with van der Waals surface area (Å²) >= 11 is 0. The third-order valence-electron chi connectivity index (χ3n) is 4.83. The summed E-state index contributed by atoms with van der Waals surface area (Å²) in [5.74, 6) is -0.951. The predicted molar refractivity (Wildman–Crippen MR) is 90.1 cm³/mol. The lowest BCUT2D eigenvalue weighted by molar-refractivity contribution is -0.147. The maximum absolute atomic E-state index is 12.9. The lowest BCUT2D eigenvalue weighted by atomic mass is 9.90. The van der Waals surface area contributed by atoms with Gasteiger partial charge in [-0.1, -0.05) is 18.2 Å². The number of para-hydroxylation sites is 1. The molecule has 128 valence electrons. The van der Waals surface area contributed by atoms with E-state index in [-0.39, 0.29) is 12.5 Å². The van der Waals surface area contributed by atoms with E-state index in [4.69, 9.17) is 4.74 Å². The summed E-state index contributed by atoms with van der Waals surface area (Å²) in [4.78, 5) is 26.0. The van der Waals surface area contributed by atoms with Crippen molar-refractivity contribution >= 4 is 22.8 Å². The van der Waals surface area contributed by atoms with Gasteiger partial charge in [-0.25, -0.2) is 0 Å². The minimum Gasteiger partial charge on any atom is -0.481 e. The van der Waals surface area contributed by atoms with Gasteiger partial charge in [0.05, 0.1) is 17.6 Å². The van der Waals surface area contributed by atoms with E-state index in [0.717, 1.165) is 10.9 Å². The Labute approximate surface area is 140 Å². The minimum atomic E-state index is -0.857. The summed E-state index contributed by atoms with van der Waals surface area (Å²) in [7, 11) is 1.65. The number of hydrogen-bond donors (Lipinski definition) is 1. The molecule has 1 aromatic heterocycles. The molecule has 1 atom stereocenters. The number of carboxylic acid groups (broad SMARTS) is 1. The molecule has 1 aliphatic heterocycles. The second-order valence-corrected chi connectivity index (χ2v) is 6.59. The van der Waals surface area contributed by atoms with Crippen molar-refractivity contribution in [1.29, 1.82) is 0 Å². The molecule has 3 rings (SSSR count). The third kappa shape index (κ3) is 2.78. The predicted octanol–water partition coefficient (Wildman–Crippen LogP) is 2.22. The number of carbonyl (C=O) groups is 2. The Kier molecular flexibility index (Phi) is 4.32. The number of ether oxygens (including phenoxy) is 1. The first kappa shape index (κ1) is 16.5. The van der Waals surface area contributed by atoms with Crippen LogP contribution in [0.25, 0.3) is 10.9 Å². The Morgan fingerprint density at radius 3 is 2.75 bits per heavy atom. The fourth-order valence-electron chi connectivity index (χ4n) is 3.27. The first-order chi connectivity index (χ1) is 11.5. The van der Waals surface area contributed by atoms with Crippen molar-refractivity contribution < 1.29 is 19.4 Å². The number of benzene rings is 1. The third-order valence-corrected chi connectivity index (χ3v) is 4.83. The normalized spacial score (nSPS) is 20.7. The van der Waals surface area contributed by atoms with E-state index in [9.17, 15) is 14.7 Å². The molecule has 2 heterocycles. The van der Waals surface area contributed by atoms with Crippen molar-refractivity contribution in [2.24, 2.45) is 5.41 Å². The van der Waals surface area contributed by atoms with E-state index in [2.05, 4.69) is 0 Å². The Morgan fingerprint density at radius 2 is 2.08 bits per heavy atom. The first-order valence-corrected chi connectivity index (χ1v) is 8.06. The van der Waals surface area contributed by atoms with Crippen LogP contribution in [0, 0.1) is 5.41 Å².